The third-order valence-electron chi connectivity index (χ3n) is 18.7. The number of unbranched alkanes of at least 4 members (excludes halogenated alkanes) is 2. The highest BCUT2D eigenvalue weighted by Crippen LogP contribution is 2.60. The molecule has 6 amide bonds. The molecule has 79 heavy (non-hydrogen) atoms. The zero-order valence-corrected chi connectivity index (χ0v) is 49.1. The molecule has 0 spiro atoms. The highest BCUT2D eigenvalue weighted by atomic mass is 16.6. The highest BCUT2D eigenvalue weighted by molar-refractivity contribution is 6.01. The van der Waals surface area contributed by atoms with Crippen molar-refractivity contribution in [2.45, 2.75) is 238 Å². The number of ketones is 1. The number of hydrogen-bond donors (Lipinski definition) is 6. The molecule has 2 fully saturated rings. The van der Waals surface area contributed by atoms with Gasteiger partial charge in [0.15, 0.2) is 5.78 Å². The van der Waals surface area contributed by atoms with Crippen molar-refractivity contribution in [3.63, 3.8) is 0 Å². The van der Waals surface area contributed by atoms with Gasteiger partial charge in [-0.05, 0) is 186 Å². The second kappa shape index (κ2) is 25.5. The summed E-state index contributed by atoms with van der Waals surface area (Å²) < 4.78 is 11.3. The molecule has 5 aliphatic rings. The summed E-state index contributed by atoms with van der Waals surface area (Å²) >= 11 is 0. The number of carbonyl (C=O) groups excluding carboxylic acids is 7. The van der Waals surface area contributed by atoms with Gasteiger partial charge in [-0.3, -0.25) is 39.4 Å². The number of rotatable bonds is 19. The second-order valence-corrected chi connectivity index (χ2v) is 26.1. The summed E-state index contributed by atoms with van der Waals surface area (Å²) in [6.45, 7) is 19.3. The summed E-state index contributed by atoms with van der Waals surface area (Å²) in [4.78, 5) is 95.7. The van der Waals surface area contributed by atoms with Crippen LogP contribution in [-0.2, 0) is 61.9 Å². The molecule has 0 aromatic heterocycles. The van der Waals surface area contributed by atoms with E-state index in [2.05, 4.69) is 64.4 Å². The Morgan fingerprint density at radius 2 is 1.27 bits per heavy atom. The number of Topliss-reactive ketones (excluding diaryl/α,β-unsaturated/α-hetero) is 1. The van der Waals surface area contributed by atoms with Crippen LogP contribution in [0.4, 0.5) is 16.2 Å². The number of benzene rings is 2. The van der Waals surface area contributed by atoms with E-state index in [-0.39, 0.29) is 53.5 Å². The number of aryl methyl sites for hydroxylation is 2. The normalized spacial score (nSPS) is 27.4. The molecule has 2 aromatic rings. The largest absolute Gasteiger partial charge is 0.444 e. The molecule has 0 saturated heterocycles. The zero-order chi connectivity index (χ0) is 57.5. The van der Waals surface area contributed by atoms with Gasteiger partial charge in [-0.1, -0.05) is 91.7 Å². The van der Waals surface area contributed by atoms with Crippen LogP contribution in [-0.4, -0.2) is 77.8 Å². The molecular weight excluding hydrogens is 997 g/mol. The predicted octanol–water partition coefficient (Wildman–Crippen LogP) is 10.2. The average Bonchev–Trinajstić information content (AvgIpc) is 3.55. The fourth-order valence-corrected chi connectivity index (χ4v) is 14.2. The number of fused-ring (bicyclic) bond motifs is 6. The lowest BCUT2D eigenvalue weighted by molar-refractivity contribution is -0.150. The van der Waals surface area contributed by atoms with Crippen LogP contribution < -0.4 is 32.3 Å². The van der Waals surface area contributed by atoms with Crippen LogP contribution in [0.1, 0.15) is 207 Å². The van der Waals surface area contributed by atoms with Crippen molar-refractivity contribution in [1.29, 1.82) is 0 Å². The number of ether oxygens (including phenoxy) is 2. The minimum atomic E-state index is -0.943. The number of amides is 6. The maximum Gasteiger partial charge on any atom is 0.412 e. The molecule has 7 rings (SSSR count). The van der Waals surface area contributed by atoms with Gasteiger partial charge in [0.1, 0.15) is 30.4 Å². The van der Waals surface area contributed by atoms with Crippen LogP contribution in [0.2, 0.25) is 0 Å². The van der Waals surface area contributed by atoms with Gasteiger partial charge in [-0.25, -0.2) is 4.79 Å². The molecule has 432 valence electrons. The van der Waals surface area contributed by atoms with Gasteiger partial charge in [0.05, 0.1) is 16.9 Å². The van der Waals surface area contributed by atoms with E-state index in [1.807, 2.05) is 72.7 Å². The lowest BCUT2D eigenvalue weighted by Crippen LogP contribution is -2.60. The van der Waals surface area contributed by atoms with Gasteiger partial charge in [0.25, 0.3) is 0 Å². The molecule has 0 heterocycles. The van der Waals surface area contributed by atoms with Crippen molar-refractivity contribution >= 4 is 52.8 Å². The summed E-state index contributed by atoms with van der Waals surface area (Å²) in [5, 5.41) is 14.6. The summed E-state index contributed by atoms with van der Waals surface area (Å²) in [6, 6.07) is 9.27. The van der Waals surface area contributed by atoms with Crippen molar-refractivity contribution < 1.29 is 43.0 Å². The first-order valence-electron chi connectivity index (χ1n) is 29.7. The van der Waals surface area contributed by atoms with Crippen molar-refractivity contribution in [1.82, 2.24) is 16.0 Å². The molecule has 10 atom stereocenters. The van der Waals surface area contributed by atoms with Crippen LogP contribution >= 0.6 is 0 Å². The third-order valence-corrected chi connectivity index (χ3v) is 18.7. The summed E-state index contributed by atoms with van der Waals surface area (Å²) in [5.41, 5.74) is 9.07. The summed E-state index contributed by atoms with van der Waals surface area (Å²) in [6.07, 6.45) is 14.9. The van der Waals surface area contributed by atoms with E-state index in [1.165, 1.54) is 5.56 Å². The maximum absolute atomic E-state index is 14.9. The first kappa shape index (κ1) is 61.0. The van der Waals surface area contributed by atoms with E-state index in [0.717, 1.165) is 107 Å². The van der Waals surface area contributed by atoms with Gasteiger partial charge in [0, 0.05) is 24.2 Å². The van der Waals surface area contributed by atoms with Crippen LogP contribution in [0.25, 0.3) is 0 Å². The van der Waals surface area contributed by atoms with Crippen molar-refractivity contribution in [3.8, 4) is 11.8 Å². The Morgan fingerprint density at radius 3 is 1.84 bits per heavy atom. The van der Waals surface area contributed by atoms with Crippen molar-refractivity contribution in [3.05, 3.63) is 58.7 Å². The van der Waals surface area contributed by atoms with Gasteiger partial charge < -0.3 is 31.2 Å². The third kappa shape index (κ3) is 14.3. The van der Waals surface area contributed by atoms with E-state index >= 15 is 0 Å². The standard InChI is InChI=1S/C64H92N6O9/c1-40(2)53(69-55(73)50(65)24-18-14-15-21-46(71)39-78-47-22-16-12-11-13-17-23-47)56(74)66-41(3)54(72)67-44-29-25-42-27-31-51-61(7,48(42)37-44)33-19-35-63(51,9)57(75)70-58(76)64(10)36-20-34-62(8)49-38-45(68-59(77)79-60(4,5)6)30-26-43(49)28-32-52(62)64/h25-26,29-30,37-38,40-41,47,50-53H,11-16,18-22,24,27-28,31-36,39,65H2,1-10H3,(H,66,74)(H,67,72)(H,68,77)(H,69,73)(H,70,75,76)/t41-,47?,50+,51+,52+,53-,61+,62+,63-,64-/m0/s1. The van der Waals surface area contributed by atoms with E-state index in [9.17, 15) is 33.6 Å². The second-order valence-electron chi connectivity index (χ2n) is 26.1. The Kier molecular flexibility index (Phi) is 19.7. The van der Waals surface area contributed by atoms with Gasteiger partial charge in [0.2, 0.25) is 29.5 Å². The predicted molar refractivity (Wildman–Crippen MR) is 308 cm³/mol. The first-order valence-corrected chi connectivity index (χ1v) is 29.7. The van der Waals surface area contributed by atoms with Crippen LogP contribution in [0.15, 0.2) is 36.4 Å². The summed E-state index contributed by atoms with van der Waals surface area (Å²) in [7, 11) is 0. The molecule has 2 aromatic carbocycles. The molecule has 0 radical (unpaired) electrons. The molecule has 15 heteroatoms. The SMILES string of the molecule is CC(C)[C@H](NC(=O)[C@H](N)CCCCCC(=O)COC1C#CCCCCC1)C(=O)N[C@@H](C)C(=O)Nc1ccc2c(c1)[C@@]1(C)CCC[C@](C)(C(=O)NC(=O)[C@@]3(C)CCC[C@]4(C)c5cc(NC(=O)OC(C)(C)C)ccc5CC[C@@H]34)[C@@H]1CC2. The Morgan fingerprint density at radius 1 is 0.684 bits per heavy atom. The fourth-order valence-electron chi connectivity index (χ4n) is 14.2. The van der Waals surface area contributed by atoms with E-state index < -0.39 is 63.8 Å². The Labute approximate surface area is 470 Å². The van der Waals surface area contributed by atoms with E-state index in [1.54, 1.807) is 6.92 Å². The van der Waals surface area contributed by atoms with Gasteiger partial charge in [-0.15, -0.1) is 5.92 Å². The lowest BCUT2D eigenvalue weighted by Gasteiger charge is -2.56. The van der Waals surface area contributed by atoms with Gasteiger partial charge >= 0.3 is 6.09 Å². The molecule has 7 N–H and O–H groups in total. The molecule has 1 unspecified atom stereocenters. The van der Waals surface area contributed by atoms with Gasteiger partial charge in [-0.2, -0.15) is 0 Å². The zero-order valence-electron chi connectivity index (χ0n) is 49.1. The maximum atomic E-state index is 14.9. The van der Waals surface area contributed by atoms with Crippen LogP contribution in [0.5, 0.6) is 0 Å². The summed E-state index contributed by atoms with van der Waals surface area (Å²) in [5.74, 6) is 4.09. The molecule has 0 aliphatic heterocycles. The fraction of sp³-hybridized carbons (Fsp3) is 0.672. The lowest BCUT2D eigenvalue weighted by atomic mass is 9.49. The number of anilines is 2. The smallest absolute Gasteiger partial charge is 0.412 e. The molecular formula is C64H92N6O9. The minimum absolute atomic E-state index is 0.0249. The number of imide groups is 1. The Balaban J connectivity index is 0.922. The number of nitrogens with one attached hydrogen (secondary N) is 5. The minimum Gasteiger partial charge on any atom is -0.444 e. The molecule has 0 bridgehead atoms. The van der Waals surface area contributed by atoms with E-state index in [0.29, 0.717) is 49.9 Å². The van der Waals surface area contributed by atoms with Crippen molar-refractivity contribution in [2.24, 2.45) is 34.3 Å². The number of carbonyl (C=O) groups is 7. The number of nitrogens with two attached hydrogens (primary N) is 1. The van der Waals surface area contributed by atoms with Crippen LogP contribution in [0, 0.1) is 40.4 Å². The topological polar surface area (TPSA) is 224 Å². The molecule has 15 nitrogen and oxygen atoms in total. The van der Waals surface area contributed by atoms with Crippen LogP contribution in [0.3, 0.4) is 0 Å². The first-order chi connectivity index (χ1) is 37.3. The molecule has 5 aliphatic carbocycles. The average molecular weight is 1090 g/mol. The van der Waals surface area contributed by atoms with E-state index in [4.69, 9.17) is 15.2 Å². The number of hydrogen-bond acceptors (Lipinski definition) is 10. The Hall–Kier alpha value is -5.59. The highest BCUT2D eigenvalue weighted by Gasteiger charge is 2.58. The molecule has 2 saturated carbocycles. The Bertz CT molecular complexity index is 2670. The quantitative estimate of drug-likeness (QED) is 0.0444. The monoisotopic (exact) mass is 1090 g/mol. The van der Waals surface area contributed by atoms with Crippen molar-refractivity contribution in [2.75, 3.05) is 17.2 Å².